The second-order valence-electron chi connectivity index (χ2n) is 4.51. The van der Waals surface area contributed by atoms with Crippen LogP contribution in [0.25, 0.3) is 0 Å². The highest BCUT2D eigenvalue weighted by molar-refractivity contribution is 5.32. The van der Waals surface area contributed by atoms with Gasteiger partial charge >= 0.3 is 0 Å². The van der Waals surface area contributed by atoms with Crippen LogP contribution in [-0.4, -0.2) is 6.61 Å². The number of nitrogens with zero attached hydrogens (tertiary/aromatic N) is 2. The van der Waals surface area contributed by atoms with Crippen molar-refractivity contribution in [3.63, 3.8) is 0 Å². The number of benzene rings is 2. The lowest BCUT2D eigenvalue weighted by Crippen LogP contribution is -2.12. The fraction of sp³-hybridized carbons (Fsp3) is 0.176. The van der Waals surface area contributed by atoms with E-state index in [1.807, 2.05) is 48.5 Å². The Morgan fingerprint density at radius 3 is 2.43 bits per heavy atom. The first-order valence-corrected chi connectivity index (χ1v) is 6.60. The Morgan fingerprint density at radius 1 is 0.952 bits per heavy atom. The highest BCUT2D eigenvalue weighted by atomic mass is 16.5. The van der Waals surface area contributed by atoms with E-state index in [-0.39, 0.29) is 6.61 Å². The Labute approximate surface area is 124 Å². The third-order valence-corrected chi connectivity index (χ3v) is 2.94. The third-order valence-electron chi connectivity index (χ3n) is 2.94. The second-order valence-corrected chi connectivity index (χ2v) is 4.51. The average Bonchev–Trinajstić information content (AvgIpc) is 2.54. The van der Waals surface area contributed by atoms with Crippen LogP contribution < -0.4 is 10.1 Å². The molecule has 2 aromatic rings. The zero-order chi connectivity index (χ0) is 14.9. The maximum absolute atomic E-state index is 8.85. The molecule has 0 atom stereocenters. The van der Waals surface area contributed by atoms with Gasteiger partial charge in [0.1, 0.15) is 11.8 Å². The lowest BCUT2D eigenvalue weighted by molar-refractivity contribution is 0.368. The molecule has 21 heavy (non-hydrogen) atoms. The van der Waals surface area contributed by atoms with Gasteiger partial charge in [0.2, 0.25) is 0 Å². The molecule has 0 saturated carbocycles. The normalized spacial score (nSPS) is 9.62. The molecule has 4 nitrogen and oxygen atoms in total. The SMILES string of the molecule is N#CCOc1ccc(CNCc2cccc(C#N)c2)cc1. The molecule has 0 amide bonds. The average molecular weight is 277 g/mol. The van der Waals surface area contributed by atoms with Crippen molar-refractivity contribution in [3.05, 3.63) is 65.2 Å². The third kappa shape index (κ3) is 4.65. The van der Waals surface area contributed by atoms with Gasteiger partial charge in [-0.25, -0.2) is 0 Å². The van der Waals surface area contributed by atoms with Gasteiger partial charge < -0.3 is 10.1 Å². The van der Waals surface area contributed by atoms with Gasteiger partial charge in [0.15, 0.2) is 6.61 Å². The van der Waals surface area contributed by atoms with Gasteiger partial charge in [-0.15, -0.1) is 0 Å². The molecule has 0 fully saturated rings. The highest BCUT2D eigenvalue weighted by Gasteiger charge is 1.98. The molecule has 0 saturated heterocycles. The number of nitrogens with one attached hydrogen (secondary N) is 1. The summed E-state index contributed by atoms with van der Waals surface area (Å²) in [4.78, 5) is 0. The van der Waals surface area contributed by atoms with Crippen LogP contribution in [0.5, 0.6) is 5.75 Å². The summed E-state index contributed by atoms with van der Waals surface area (Å²) in [6.45, 7) is 1.50. The van der Waals surface area contributed by atoms with Crippen LogP contribution in [0.15, 0.2) is 48.5 Å². The van der Waals surface area contributed by atoms with Crippen LogP contribution in [0.4, 0.5) is 0 Å². The standard InChI is InChI=1S/C17H15N3O/c18-8-9-21-17-6-4-14(5-7-17)12-20-13-16-3-1-2-15(10-16)11-19/h1-7,10,20H,9,12-13H2. The van der Waals surface area contributed by atoms with Crippen LogP contribution in [0.3, 0.4) is 0 Å². The minimum absolute atomic E-state index is 0.0623. The van der Waals surface area contributed by atoms with Gasteiger partial charge in [0, 0.05) is 13.1 Å². The van der Waals surface area contributed by atoms with Crippen molar-refractivity contribution in [1.29, 1.82) is 10.5 Å². The first-order chi connectivity index (χ1) is 10.3. The van der Waals surface area contributed by atoms with E-state index in [0.717, 1.165) is 17.7 Å². The van der Waals surface area contributed by atoms with Gasteiger partial charge in [-0.1, -0.05) is 24.3 Å². The second kappa shape index (κ2) is 7.69. The lowest BCUT2D eigenvalue weighted by atomic mass is 10.1. The van der Waals surface area contributed by atoms with Gasteiger partial charge in [-0.05, 0) is 35.4 Å². The molecule has 0 radical (unpaired) electrons. The summed E-state index contributed by atoms with van der Waals surface area (Å²) < 4.78 is 5.20. The number of ether oxygens (including phenoxy) is 1. The lowest BCUT2D eigenvalue weighted by Gasteiger charge is -2.07. The van der Waals surface area contributed by atoms with Crippen LogP contribution in [0, 0.1) is 22.7 Å². The van der Waals surface area contributed by atoms with Gasteiger partial charge in [0.05, 0.1) is 11.6 Å². The molecule has 1 N–H and O–H groups in total. The quantitative estimate of drug-likeness (QED) is 0.881. The van der Waals surface area contributed by atoms with Crippen molar-refractivity contribution >= 4 is 0 Å². The van der Waals surface area contributed by atoms with Crippen LogP contribution >= 0.6 is 0 Å². The Kier molecular flexibility index (Phi) is 5.34. The Hall–Kier alpha value is -2.82. The van der Waals surface area contributed by atoms with Crippen LogP contribution in [0.2, 0.25) is 0 Å². The molecule has 0 unspecified atom stereocenters. The maximum Gasteiger partial charge on any atom is 0.174 e. The molecule has 0 heterocycles. The summed E-state index contributed by atoms with van der Waals surface area (Å²) >= 11 is 0. The van der Waals surface area contributed by atoms with E-state index in [0.29, 0.717) is 17.9 Å². The molecule has 0 spiro atoms. The monoisotopic (exact) mass is 277 g/mol. The van der Waals surface area contributed by atoms with E-state index in [9.17, 15) is 0 Å². The number of rotatable bonds is 6. The first-order valence-electron chi connectivity index (χ1n) is 6.60. The van der Waals surface area contributed by atoms with E-state index in [4.69, 9.17) is 15.3 Å². The summed E-state index contributed by atoms with van der Waals surface area (Å²) in [5, 5.41) is 20.6. The minimum atomic E-state index is 0.0623. The molecule has 0 aliphatic heterocycles. The molecular formula is C17H15N3O. The van der Waals surface area contributed by atoms with E-state index >= 15 is 0 Å². The zero-order valence-corrected chi connectivity index (χ0v) is 11.5. The van der Waals surface area contributed by atoms with E-state index < -0.39 is 0 Å². The van der Waals surface area contributed by atoms with E-state index in [1.54, 1.807) is 6.07 Å². The van der Waals surface area contributed by atoms with Crippen molar-refractivity contribution in [2.24, 2.45) is 0 Å². The molecule has 104 valence electrons. The summed E-state index contributed by atoms with van der Waals surface area (Å²) in [6.07, 6.45) is 0. The summed E-state index contributed by atoms with van der Waals surface area (Å²) in [5.74, 6) is 0.696. The van der Waals surface area contributed by atoms with Gasteiger partial charge in [0.25, 0.3) is 0 Å². The number of nitriles is 2. The van der Waals surface area contributed by atoms with Crippen LogP contribution in [-0.2, 0) is 13.1 Å². The maximum atomic E-state index is 8.85. The Morgan fingerprint density at radius 2 is 1.71 bits per heavy atom. The molecule has 0 bridgehead atoms. The zero-order valence-electron chi connectivity index (χ0n) is 11.5. The van der Waals surface area contributed by atoms with Crippen LogP contribution in [0.1, 0.15) is 16.7 Å². The number of hydrogen-bond acceptors (Lipinski definition) is 4. The largest absolute Gasteiger partial charge is 0.479 e. The van der Waals surface area contributed by atoms with Crippen molar-refractivity contribution in [3.8, 4) is 17.9 Å². The molecule has 0 aliphatic rings. The van der Waals surface area contributed by atoms with Crippen molar-refractivity contribution in [2.45, 2.75) is 13.1 Å². The first kappa shape index (κ1) is 14.6. The summed E-state index contributed by atoms with van der Waals surface area (Å²) in [5.41, 5.74) is 2.90. The fourth-order valence-electron chi connectivity index (χ4n) is 1.92. The molecule has 0 aliphatic carbocycles. The predicted octanol–water partition coefficient (Wildman–Crippen LogP) is 2.75. The van der Waals surface area contributed by atoms with E-state index in [1.165, 1.54) is 0 Å². The highest BCUT2D eigenvalue weighted by Crippen LogP contribution is 2.12. The topological polar surface area (TPSA) is 68.8 Å². The van der Waals surface area contributed by atoms with Crippen molar-refractivity contribution in [1.82, 2.24) is 5.32 Å². The predicted molar refractivity (Wildman–Crippen MR) is 79.3 cm³/mol. The Balaban J connectivity index is 1.83. The summed E-state index contributed by atoms with van der Waals surface area (Å²) in [7, 11) is 0. The number of hydrogen-bond donors (Lipinski definition) is 1. The molecule has 2 aromatic carbocycles. The van der Waals surface area contributed by atoms with Crippen molar-refractivity contribution in [2.75, 3.05) is 6.61 Å². The molecular weight excluding hydrogens is 262 g/mol. The molecule has 4 heteroatoms. The van der Waals surface area contributed by atoms with E-state index in [2.05, 4.69) is 11.4 Å². The van der Waals surface area contributed by atoms with Gasteiger partial charge in [-0.2, -0.15) is 10.5 Å². The minimum Gasteiger partial charge on any atom is -0.479 e. The molecule has 0 aromatic heterocycles. The van der Waals surface area contributed by atoms with Gasteiger partial charge in [-0.3, -0.25) is 0 Å². The fourth-order valence-corrected chi connectivity index (χ4v) is 1.92. The molecule has 2 rings (SSSR count). The summed E-state index contributed by atoms with van der Waals surface area (Å²) in [6, 6.07) is 19.3. The van der Waals surface area contributed by atoms with Crippen molar-refractivity contribution < 1.29 is 4.74 Å². The smallest absolute Gasteiger partial charge is 0.174 e. The Bertz CT molecular complexity index is 666.